The van der Waals surface area contributed by atoms with Gasteiger partial charge >= 0.3 is 0 Å². The predicted octanol–water partition coefficient (Wildman–Crippen LogP) is 1.34. The van der Waals surface area contributed by atoms with E-state index < -0.39 is 0 Å². The summed E-state index contributed by atoms with van der Waals surface area (Å²) in [4.78, 5) is 7.01. The fraction of sp³-hybridized carbons (Fsp3) is 0.611. The Hall–Kier alpha value is -1.79. The number of nitrogens with one attached hydrogen (secondary N) is 2. The largest absolute Gasteiger partial charge is 0.494 e. The van der Waals surface area contributed by atoms with Crippen molar-refractivity contribution < 1.29 is 9.47 Å². The van der Waals surface area contributed by atoms with Crippen LogP contribution in [0.25, 0.3) is 0 Å². The molecule has 1 saturated heterocycles. The third-order valence-corrected chi connectivity index (χ3v) is 3.75. The van der Waals surface area contributed by atoms with Crippen molar-refractivity contribution in [3.05, 3.63) is 30.3 Å². The summed E-state index contributed by atoms with van der Waals surface area (Å²) in [6.07, 6.45) is 0.898. The number of morpholine rings is 1. The van der Waals surface area contributed by atoms with Crippen LogP contribution in [0, 0.1) is 0 Å². The van der Waals surface area contributed by atoms with Gasteiger partial charge in [-0.05, 0) is 19.1 Å². The molecule has 134 valence electrons. The SMILES string of the molecule is CCNC(=NCCCOc1ccccc1)NCCN1CCOCC1. The van der Waals surface area contributed by atoms with Gasteiger partial charge in [0.2, 0.25) is 0 Å². The number of rotatable bonds is 9. The van der Waals surface area contributed by atoms with Gasteiger partial charge in [-0.2, -0.15) is 0 Å². The first kappa shape index (κ1) is 18.5. The second-order valence-electron chi connectivity index (χ2n) is 5.66. The molecule has 0 amide bonds. The lowest BCUT2D eigenvalue weighted by Crippen LogP contribution is -2.44. The average Bonchev–Trinajstić information content (AvgIpc) is 2.63. The predicted molar refractivity (Wildman–Crippen MR) is 97.8 cm³/mol. The third kappa shape index (κ3) is 7.66. The Morgan fingerprint density at radius 2 is 2.00 bits per heavy atom. The van der Waals surface area contributed by atoms with Crippen molar-refractivity contribution in [3.63, 3.8) is 0 Å². The minimum atomic E-state index is 0.681. The van der Waals surface area contributed by atoms with Crippen LogP contribution in [-0.4, -0.2) is 69.9 Å². The molecule has 2 N–H and O–H groups in total. The number of para-hydroxylation sites is 1. The Kier molecular flexibility index (Phi) is 9.04. The lowest BCUT2D eigenvalue weighted by molar-refractivity contribution is 0.0389. The molecule has 24 heavy (non-hydrogen) atoms. The van der Waals surface area contributed by atoms with Gasteiger partial charge in [-0.15, -0.1) is 0 Å². The van der Waals surface area contributed by atoms with E-state index in [4.69, 9.17) is 9.47 Å². The number of hydrogen-bond acceptors (Lipinski definition) is 4. The Bertz CT molecular complexity index is 461. The zero-order chi connectivity index (χ0) is 16.9. The van der Waals surface area contributed by atoms with Crippen molar-refractivity contribution >= 4 is 5.96 Å². The highest BCUT2D eigenvalue weighted by Gasteiger charge is 2.09. The van der Waals surface area contributed by atoms with Crippen LogP contribution in [0.2, 0.25) is 0 Å². The fourth-order valence-corrected chi connectivity index (χ4v) is 2.46. The van der Waals surface area contributed by atoms with Gasteiger partial charge in [-0.25, -0.2) is 0 Å². The second-order valence-corrected chi connectivity index (χ2v) is 5.66. The van der Waals surface area contributed by atoms with Crippen LogP contribution in [0.3, 0.4) is 0 Å². The number of ether oxygens (including phenoxy) is 2. The van der Waals surface area contributed by atoms with E-state index in [-0.39, 0.29) is 0 Å². The molecule has 6 heteroatoms. The summed E-state index contributed by atoms with van der Waals surface area (Å²) in [5.41, 5.74) is 0. The van der Waals surface area contributed by atoms with Crippen LogP contribution in [0.5, 0.6) is 5.75 Å². The molecule has 0 unspecified atom stereocenters. The first-order valence-corrected chi connectivity index (χ1v) is 8.88. The highest BCUT2D eigenvalue weighted by Crippen LogP contribution is 2.08. The van der Waals surface area contributed by atoms with Gasteiger partial charge in [0.15, 0.2) is 5.96 Å². The quantitative estimate of drug-likeness (QED) is 0.405. The molecule has 1 fully saturated rings. The number of benzene rings is 1. The molecular formula is C18H30N4O2. The van der Waals surface area contributed by atoms with Crippen LogP contribution in [0.1, 0.15) is 13.3 Å². The lowest BCUT2D eigenvalue weighted by Gasteiger charge is -2.26. The van der Waals surface area contributed by atoms with Crippen molar-refractivity contribution in [2.24, 2.45) is 4.99 Å². The van der Waals surface area contributed by atoms with E-state index >= 15 is 0 Å². The molecule has 0 aliphatic carbocycles. The number of aliphatic imine (C=N–C) groups is 1. The smallest absolute Gasteiger partial charge is 0.191 e. The van der Waals surface area contributed by atoms with Crippen molar-refractivity contribution in [2.45, 2.75) is 13.3 Å². The maximum absolute atomic E-state index is 5.68. The molecule has 1 heterocycles. The van der Waals surface area contributed by atoms with Crippen LogP contribution < -0.4 is 15.4 Å². The molecule has 1 aliphatic rings. The van der Waals surface area contributed by atoms with Gasteiger partial charge in [0, 0.05) is 45.7 Å². The second kappa shape index (κ2) is 11.7. The Morgan fingerprint density at radius 3 is 2.75 bits per heavy atom. The molecule has 0 saturated carbocycles. The van der Waals surface area contributed by atoms with E-state index in [2.05, 4.69) is 27.4 Å². The van der Waals surface area contributed by atoms with E-state index in [1.165, 1.54) is 0 Å². The average molecular weight is 334 g/mol. The van der Waals surface area contributed by atoms with Crippen LogP contribution >= 0.6 is 0 Å². The first-order valence-electron chi connectivity index (χ1n) is 8.88. The normalized spacial score (nSPS) is 16.0. The molecule has 1 aromatic rings. The van der Waals surface area contributed by atoms with E-state index in [0.29, 0.717) is 6.61 Å². The fourth-order valence-electron chi connectivity index (χ4n) is 2.46. The van der Waals surface area contributed by atoms with Crippen LogP contribution in [0.4, 0.5) is 0 Å². The third-order valence-electron chi connectivity index (χ3n) is 3.75. The van der Waals surface area contributed by atoms with Crippen LogP contribution in [-0.2, 0) is 4.74 Å². The minimum Gasteiger partial charge on any atom is -0.494 e. The topological polar surface area (TPSA) is 58.1 Å². The van der Waals surface area contributed by atoms with E-state index in [1.807, 2.05) is 30.3 Å². The Balaban J connectivity index is 1.60. The molecule has 2 rings (SSSR count). The van der Waals surface area contributed by atoms with E-state index in [1.54, 1.807) is 0 Å². The molecule has 1 aromatic carbocycles. The standard InChI is InChI=1S/C18H30N4O2/c1-2-19-18(21-10-11-22-12-15-23-16-13-22)20-9-6-14-24-17-7-4-3-5-8-17/h3-5,7-8H,2,6,9-16H2,1H3,(H2,19,20,21). The summed E-state index contributed by atoms with van der Waals surface area (Å²) >= 11 is 0. The Labute approximate surface area is 145 Å². The number of hydrogen-bond donors (Lipinski definition) is 2. The van der Waals surface area contributed by atoms with Crippen molar-refractivity contribution in [1.29, 1.82) is 0 Å². The molecule has 0 bridgehead atoms. The van der Waals surface area contributed by atoms with Gasteiger partial charge in [0.05, 0.1) is 19.8 Å². The van der Waals surface area contributed by atoms with Gasteiger partial charge < -0.3 is 20.1 Å². The van der Waals surface area contributed by atoms with Crippen molar-refractivity contribution in [3.8, 4) is 5.75 Å². The molecule has 1 aliphatic heterocycles. The van der Waals surface area contributed by atoms with Crippen molar-refractivity contribution in [1.82, 2.24) is 15.5 Å². The van der Waals surface area contributed by atoms with E-state index in [0.717, 1.165) is 70.6 Å². The number of guanidine groups is 1. The van der Waals surface area contributed by atoms with Crippen molar-refractivity contribution in [2.75, 3.05) is 59.1 Å². The zero-order valence-electron chi connectivity index (χ0n) is 14.7. The molecule has 0 spiro atoms. The maximum Gasteiger partial charge on any atom is 0.191 e. The highest BCUT2D eigenvalue weighted by molar-refractivity contribution is 5.79. The summed E-state index contributed by atoms with van der Waals surface area (Å²) in [6, 6.07) is 9.90. The summed E-state index contributed by atoms with van der Waals surface area (Å²) < 4.78 is 11.0. The Morgan fingerprint density at radius 1 is 1.21 bits per heavy atom. The van der Waals surface area contributed by atoms with Crippen LogP contribution in [0.15, 0.2) is 35.3 Å². The van der Waals surface area contributed by atoms with E-state index in [9.17, 15) is 0 Å². The zero-order valence-corrected chi connectivity index (χ0v) is 14.7. The molecule has 6 nitrogen and oxygen atoms in total. The monoisotopic (exact) mass is 334 g/mol. The molecular weight excluding hydrogens is 304 g/mol. The lowest BCUT2D eigenvalue weighted by atomic mass is 10.3. The first-order chi connectivity index (χ1) is 11.9. The highest BCUT2D eigenvalue weighted by atomic mass is 16.5. The summed E-state index contributed by atoms with van der Waals surface area (Å²) in [6.45, 7) is 10.0. The summed E-state index contributed by atoms with van der Waals surface area (Å²) in [5.74, 6) is 1.79. The summed E-state index contributed by atoms with van der Waals surface area (Å²) in [5, 5.41) is 6.68. The maximum atomic E-state index is 5.68. The minimum absolute atomic E-state index is 0.681. The number of nitrogens with zero attached hydrogens (tertiary/aromatic N) is 2. The van der Waals surface area contributed by atoms with Gasteiger partial charge in [0.1, 0.15) is 5.75 Å². The van der Waals surface area contributed by atoms with Gasteiger partial charge in [-0.3, -0.25) is 9.89 Å². The summed E-state index contributed by atoms with van der Waals surface area (Å²) in [7, 11) is 0. The molecule has 0 aromatic heterocycles. The molecule has 0 atom stereocenters. The van der Waals surface area contributed by atoms with Gasteiger partial charge in [0.25, 0.3) is 0 Å². The van der Waals surface area contributed by atoms with Gasteiger partial charge in [-0.1, -0.05) is 18.2 Å². The molecule has 0 radical (unpaired) electrons.